The van der Waals surface area contributed by atoms with Crippen LogP contribution in [0.15, 0.2) is 41.7 Å². The lowest BCUT2D eigenvalue weighted by Crippen LogP contribution is -2.43. The van der Waals surface area contributed by atoms with Crippen molar-refractivity contribution in [1.82, 2.24) is 25.4 Å². The largest absolute Gasteiger partial charge is 0.357 e. The summed E-state index contributed by atoms with van der Waals surface area (Å²) in [4.78, 5) is 4.58. The molecule has 0 bridgehead atoms. The Bertz CT molecular complexity index is 636. The van der Waals surface area contributed by atoms with Gasteiger partial charge >= 0.3 is 0 Å². The summed E-state index contributed by atoms with van der Waals surface area (Å²) in [6.07, 6.45) is 1.68. The summed E-state index contributed by atoms with van der Waals surface area (Å²) in [7, 11) is 1.92. The van der Waals surface area contributed by atoms with Gasteiger partial charge in [-0.05, 0) is 12.5 Å². The number of rotatable bonds is 6. The zero-order valence-corrected chi connectivity index (χ0v) is 17.1. The number of aryl methyl sites for hydroxylation is 1. The van der Waals surface area contributed by atoms with Crippen LogP contribution in [0, 0.1) is 0 Å². The predicted octanol–water partition coefficient (Wildman–Crippen LogP) is 2.47. The van der Waals surface area contributed by atoms with Crippen molar-refractivity contribution < 1.29 is 0 Å². The van der Waals surface area contributed by atoms with Crippen LogP contribution in [0.1, 0.15) is 32.2 Å². The number of halogens is 1. The van der Waals surface area contributed by atoms with Gasteiger partial charge in [-0.1, -0.05) is 44.2 Å². The molecule has 0 saturated heterocycles. The number of aromatic nitrogens is 3. The van der Waals surface area contributed by atoms with Gasteiger partial charge in [0, 0.05) is 25.6 Å². The first kappa shape index (κ1) is 20.4. The molecule has 0 spiro atoms. The topological polar surface area (TPSA) is 67.1 Å². The Labute approximate surface area is 161 Å². The molecule has 0 atom stereocenters. The van der Waals surface area contributed by atoms with Crippen molar-refractivity contribution in [3.05, 3.63) is 48.0 Å². The molecule has 2 rings (SSSR count). The van der Waals surface area contributed by atoms with Gasteiger partial charge in [-0.25, -0.2) is 4.99 Å². The van der Waals surface area contributed by atoms with Gasteiger partial charge in [0.15, 0.2) is 11.8 Å². The molecule has 0 saturated carbocycles. The molecule has 0 radical (unpaired) electrons. The molecule has 2 N–H and O–H groups in total. The minimum absolute atomic E-state index is 0. The molecule has 24 heavy (non-hydrogen) atoms. The van der Waals surface area contributed by atoms with E-state index in [1.807, 2.05) is 17.7 Å². The van der Waals surface area contributed by atoms with Crippen molar-refractivity contribution in [2.45, 2.75) is 32.7 Å². The number of hydrogen-bond acceptors (Lipinski definition) is 3. The van der Waals surface area contributed by atoms with E-state index in [1.165, 1.54) is 5.56 Å². The van der Waals surface area contributed by atoms with Gasteiger partial charge in [-0.3, -0.25) is 0 Å². The fourth-order valence-corrected chi connectivity index (χ4v) is 2.24. The number of nitrogens with one attached hydrogen (secondary N) is 2. The lowest BCUT2D eigenvalue weighted by atomic mass is 9.85. The van der Waals surface area contributed by atoms with Crippen LogP contribution in [-0.4, -0.2) is 33.8 Å². The van der Waals surface area contributed by atoms with Crippen LogP contribution in [0.5, 0.6) is 0 Å². The maximum absolute atomic E-state index is 4.58. The molecule has 0 unspecified atom stereocenters. The molecule has 7 heteroatoms. The highest BCUT2D eigenvalue weighted by molar-refractivity contribution is 14.0. The second-order valence-electron chi connectivity index (χ2n) is 6.16. The van der Waals surface area contributed by atoms with Gasteiger partial charge in [0.25, 0.3) is 0 Å². The second-order valence-corrected chi connectivity index (χ2v) is 6.16. The molecule has 0 fully saturated rings. The van der Waals surface area contributed by atoms with Crippen molar-refractivity contribution in [2.24, 2.45) is 12.0 Å². The highest BCUT2D eigenvalue weighted by Crippen LogP contribution is 2.21. The molecule has 0 aliphatic heterocycles. The van der Waals surface area contributed by atoms with E-state index in [1.54, 1.807) is 6.33 Å². The summed E-state index contributed by atoms with van der Waals surface area (Å²) in [6, 6.07) is 10.5. The lowest BCUT2D eigenvalue weighted by Gasteiger charge is -2.26. The third kappa shape index (κ3) is 5.77. The SMILES string of the molecule is CCNC(=NCc1nncn1C)NCC(C)(C)c1ccccc1.I. The zero-order chi connectivity index (χ0) is 16.7. The molecule has 1 heterocycles. The van der Waals surface area contributed by atoms with Gasteiger partial charge < -0.3 is 15.2 Å². The van der Waals surface area contributed by atoms with Crippen molar-refractivity contribution in [2.75, 3.05) is 13.1 Å². The second kappa shape index (κ2) is 9.61. The summed E-state index contributed by atoms with van der Waals surface area (Å²) in [5.41, 5.74) is 1.32. The first-order chi connectivity index (χ1) is 11.0. The van der Waals surface area contributed by atoms with E-state index < -0.39 is 0 Å². The quantitative estimate of drug-likeness (QED) is 0.410. The van der Waals surface area contributed by atoms with Gasteiger partial charge in [-0.15, -0.1) is 34.2 Å². The van der Waals surface area contributed by atoms with Crippen LogP contribution in [0.4, 0.5) is 0 Å². The van der Waals surface area contributed by atoms with Gasteiger partial charge in [0.1, 0.15) is 12.9 Å². The fraction of sp³-hybridized carbons (Fsp3) is 0.471. The fourth-order valence-electron chi connectivity index (χ4n) is 2.24. The molecule has 6 nitrogen and oxygen atoms in total. The normalized spacial score (nSPS) is 11.8. The zero-order valence-electron chi connectivity index (χ0n) is 14.8. The molecule has 0 amide bonds. The van der Waals surface area contributed by atoms with E-state index in [0.717, 1.165) is 24.9 Å². The van der Waals surface area contributed by atoms with Crippen LogP contribution in [0.25, 0.3) is 0 Å². The third-order valence-corrected chi connectivity index (χ3v) is 3.78. The van der Waals surface area contributed by atoms with Gasteiger partial charge in [0.2, 0.25) is 0 Å². The average Bonchev–Trinajstić information content (AvgIpc) is 2.96. The lowest BCUT2D eigenvalue weighted by molar-refractivity contribution is 0.508. The molecule has 132 valence electrons. The first-order valence-electron chi connectivity index (χ1n) is 7.93. The molecule has 1 aromatic carbocycles. The van der Waals surface area contributed by atoms with Gasteiger partial charge in [-0.2, -0.15) is 0 Å². The maximum Gasteiger partial charge on any atom is 0.191 e. The maximum atomic E-state index is 4.58. The van der Waals surface area contributed by atoms with E-state index >= 15 is 0 Å². The van der Waals surface area contributed by atoms with E-state index in [4.69, 9.17) is 0 Å². The Hall–Kier alpha value is -1.64. The smallest absolute Gasteiger partial charge is 0.191 e. The van der Waals surface area contributed by atoms with Crippen LogP contribution >= 0.6 is 24.0 Å². The number of nitrogens with zero attached hydrogens (tertiary/aromatic N) is 4. The highest BCUT2D eigenvalue weighted by Gasteiger charge is 2.20. The Morgan fingerprint density at radius 3 is 2.50 bits per heavy atom. The Morgan fingerprint density at radius 1 is 1.21 bits per heavy atom. The summed E-state index contributed by atoms with van der Waals surface area (Å²) in [6.45, 7) is 8.61. The molecule has 1 aromatic heterocycles. The predicted molar refractivity (Wildman–Crippen MR) is 109 cm³/mol. The number of benzene rings is 1. The molecular weight excluding hydrogens is 415 g/mol. The Balaban J connectivity index is 0.00000288. The first-order valence-corrected chi connectivity index (χ1v) is 7.93. The summed E-state index contributed by atoms with van der Waals surface area (Å²) in [5, 5.41) is 14.6. The standard InChI is InChI=1S/C17H26N6.HI/c1-5-18-16(19-11-15-22-21-13-23(15)4)20-12-17(2,3)14-9-7-6-8-10-14;/h6-10,13H,5,11-12H2,1-4H3,(H2,18,19,20);1H. The summed E-state index contributed by atoms with van der Waals surface area (Å²) < 4.78 is 1.88. The van der Waals surface area contributed by atoms with E-state index in [-0.39, 0.29) is 29.4 Å². The van der Waals surface area contributed by atoms with E-state index in [0.29, 0.717) is 6.54 Å². The van der Waals surface area contributed by atoms with Crippen molar-refractivity contribution in [3.63, 3.8) is 0 Å². The van der Waals surface area contributed by atoms with Crippen LogP contribution in [-0.2, 0) is 19.0 Å². The molecule has 0 aliphatic carbocycles. The summed E-state index contributed by atoms with van der Waals surface area (Å²) >= 11 is 0. The minimum Gasteiger partial charge on any atom is -0.357 e. The highest BCUT2D eigenvalue weighted by atomic mass is 127. The van der Waals surface area contributed by atoms with Crippen molar-refractivity contribution >= 4 is 29.9 Å². The number of hydrogen-bond donors (Lipinski definition) is 2. The summed E-state index contributed by atoms with van der Waals surface area (Å²) in [5.74, 6) is 1.63. The van der Waals surface area contributed by atoms with Crippen LogP contribution < -0.4 is 10.6 Å². The molecule has 0 aliphatic rings. The third-order valence-electron chi connectivity index (χ3n) is 3.78. The minimum atomic E-state index is 0. The van der Waals surface area contributed by atoms with Crippen LogP contribution in [0.2, 0.25) is 0 Å². The van der Waals surface area contributed by atoms with Gasteiger partial charge in [0.05, 0.1) is 0 Å². The van der Waals surface area contributed by atoms with Crippen LogP contribution in [0.3, 0.4) is 0 Å². The average molecular weight is 442 g/mol. The van der Waals surface area contributed by atoms with E-state index in [2.05, 4.69) is 70.9 Å². The Morgan fingerprint density at radius 2 is 1.92 bits per heavy atom. The molecule has 2 aromatic rings. The van der Waals surface area contributed by atoms with E-state index in [9.17, 15) is 0 Å². The number of aliphatic imine (C=N–C) groups is 1. The Kier molecular flexibility index (Phi) is 8.17. The number of guanidine groups is 1. The monoisotopic (exact) mass is 442 g/mol. The molecular formula is C17H27IN6. The van der Waals surface area contributed by atoms with Crippen molar-refractivity contribution in [3.8, 4) is 0 Å². The van der Waals surface area contributed by atoms with Crippen molar-refractivity contribution in [1.29, 1.82) is 0 Å².